The average Bonchev–Trinajstić information content (AvgIpc) is 3.39. The molecule has 0 unspecified atom stereocenters. The minimum atomic E-state index is -0.189. The molecule has 3 heteroatoms. The zero-order valence-corrected chi connectivity index (χ0v) is 30.2. The van der Waals surface area contributed by atoms with Crippen molar-refractivity contribution in [1.29, 1.82) is 0 Å². The Morgan fingerprint density at radius 3 is 1.88 bits per heavy atom. The molecule has 7 aromatic rings. The topological polar surface area (TPSA) is 15.7 Å². The molecule has 0 saturated heterocycles. The zero-order chi connectivity index (χ0) is 35.4. The van der Waals surface area contributed by atoms with Crippen LogP contribution in [0.5, 0.6) is 11.5 Å². The number of hydrogen-bond donors (Lipinski definition) is 0. The standard InChI is InChI=1S/C49H40N2O/c1-31-13-11-19-44-46(31)51-43-29-33(23-28-40(43)49(4,5)41-18-12-20-45(52-44)47(41)51)32-21-24-35(25-22-32)50(34-14-7-6-8-15-34)36-26-27-38-37-16-9-10-17-39(37)48(2,3)42(38)30-36/h6-30H,1-5H3. The van der Waals surface area contributed by atoms with Crippen molar-refractivity contribution in [3.8, 4) is 33.8 Å². The highest BCUT2D eigenvalue weighted by molar-refractivity contribution is 5.95. The number of hydrogen-bond acceptors (Lipinski definition) is 3. The molecule has 0 spiro atoms. The van der Waals surface area contributed by atoms with Crippen molar-refractivity contribution in [3.05, 3.63) is 179 Å². The lowest BCUT2D eigenvalue weighted by Gasteiger charge is -2.45. The summed E-state index contributed by atoms with van der Waals surface area (Å²) in [5, 5.41) is 0. The van der Waals surface area contributed by atoms with Crippen LogP contribution in [0.4, 0.5) is 34.1 Å². The minimum absolute atomic E-state index is 0.0734. The summed E-state index contributed by atoms with van der Waals surface area (Å²) in [5.41, 5.74) is 18.2. The number of aryl methyl sites for hydroxylation is 1. The van der Waals surface area contributed by atoms with Gasteiger partial charge in [0.05, 0.1) is 17.1 Å². The van der Waals surface area contributed by atoms with Crippen LogP contribution in [0.25, 0.3) is 22.3 Å². The summed E-state index contributed by atoms with van der Waals surface area (Å²) in [6.07, 6.45) is 0. The maximum atomic E-state index is 6.54. The first-order valence-corrected chi connectivity index (χ1v) is 18.3. The smallest absolute Gasteiger partial charge is 0.151 e. The van der Waals surface area contributed by atoms with Gasteiger partial charge in [-0.05, 0) is 112 Å². The van der Waals surface area contributed by atoms with Crippen LogP contribution in [0.1, 0.15) is 55.5 Å². The Kier molecular flexibility index (Phi) is 6.48. The summed E-state index contributed by atoms with van der Waals surface area (Å²) < 4.78 is 6.54. The van der Waals surface area contributed by atoms with Gasteiger partial charge in [0.15, 0.2) is 11.5 Å². The van der Waals surface area contributed by atoms with E-state index in [-0.39, 0.29) is 10.8 Å². The third-order valence-electron chi connectivity index (χ3n) is 11.8. The maximum absolute atomic E-state index is 6.54. The highest BCUT2D eigenvalue weighted by atomic mass is 16.5. The van der Waals surface area contributed by atoms with E-state index >= 15 is 0 Å². The fraction of sp³-hybridized carbons (Fsp3) is 0.143. The van der Waals surface area contributed by atoms with E-state index in [0.29, 0.717) is 0 Å². The van der Waals surface area contributed by atoms with E-state index < -0.39 is 0 Å². The lowest BCUT2D eigenvalue weighted by atomic mass is 9.72. The lowest BCUT2D eigenvalue weighted by Crippen LogP contribution is -2.32. The normalized spacial score (nSPS) is 15.1. The molecule has 0 saturated carbocycles. The van der Waals surface area contributed by atoms with Crippen LogP contribution in [-0.4, -0.2) is 0 Å². The first-order valence-electron chi connectivity index (χ1n) is 18.3. The van der Waals surface area contributed by atoms with E-state index in [0.717, 1.165) is 39.9 Å². The molecule has 0 bridgehead atoms. The van der Waals surface area contributed by atoms with Gasteiger partial charge in [-0.15, -0.1) is 0 Å². The van der Waals surface area contributed by atoms with Crippen LogP contribution < -0.4 is 14.5 Å². The molecule has 252 valence electrons. The summed E-state index contributed by atoms with van der Waals surface area (Å²) in [5.74, 6) is 1.80. The second-order valence-corrected chi connectivity index (χ2v) is 15.5. The first-order chi connectivity index (χ1) is 25.2. The van der Waals surface area contributed by atoms with Crippen molar-refractivity contribution in [1.82, 2.24) is 0 Å². The van der Waals surface area contributed by atoms with Crippen molar-refractivity contribution in [2.24, 2.45) is 0 Å². The number of fused-ring (bicyclic) bond motifs is 7. The highest BCUT2D eigenvalue weighted by Crippen LogP contribution is 2.61. The molecule has 0 atom stereocenters. The summed E-state index contributed by atoms with van der Waals surface area (Å²) in [6.45, 7) is 11.5. The zero-order valence-electron chi connectivity index (χ0n) is 30.2. The van der Waals surface area contributed by atoms with Gasteiger partial charge in [-0.2, -0.15) is 0 Å². The molecule has 7 aromatic carbocycles. The molecular formula is C49H40N2O. The van der Waals surface area contributed by atoms with Crippen molar-refractivity contribution < 1.29 is 4.74 Å². The van der Waals surface area contributed by atoms with Crippen LogP contribution in [0, 0.1) is 6.92 Å². The van der Waals surface area contributed by atoms with Gasteiger partial charge in [0.1, 0.15) is 0 Å². The van der Waals surface area contributed by atoms with E-state index in [1.165, 1.54) is 55.8 Å². The summed E-state index contributed by atoms with van der Waals surface area (Å²) >= 11 is 0. The van der Waals surface area contributed by atoms with Gasteiger partial charge in [0.25, 0.3) is 0 Å². The van der Waals surface area contributed by atoms with Crippen LogP contribution >= 0.6 is 0 Å². The van der Waals surface area contributed by atoms with Crippen molar-refractivity contribution in [2.75, 3.05) is 9.80 Å². The highest BCUT2D eigenvalue weighted by Gasteiger charge is 2.42. The molecule has 1 aliphatic carbocycles. The van der Waals surface area contributed by atoms with Gasteiger partial charge in [-0.3, -0.25) is 0 Å². The van der Waals surface area contributed by atoms with E-state index in [2.05, 4.69) is 196 Å². The van der Waals surface area contributed by atoms with Crippen molar-refractivity contribution >= 4 is 34.1 Å². The van der Waals surface area contributed by atoms with E-state index in [9.17, 15) is 0 Å². The summed E-state index contributed by atoms with van der Waals surface area (Å²) in [7, 11) is 0. The Morgan fingerprint density at radius 1 is 0.462 bits per heavy atom. The van der Waals surface area contributed by atoms with Crippen LogP contribution in [0.2, 0.25) is 0 Å². The number of rotatable bonds is 4. The van der Waals surface area contributed by atoms with E-state index in [1.807, 2.05) is 0 Å². The summed E-state index contributed by atoms with van der Waals surface area (Å²) in [6, 6.07) is 55.4. The fourth-order valence-electron chi connectivity index (χ4n) is 9.04. The predicted molar refractivity (Wildman–Crippen MR) is 216 cm³/mol. The van der Waals surface area contributed by atoms with Gasteiger partial charge >= 0.3 is 0 Å². The Hall–Kier alpha value is -6.06. The Bertz CT molecular complexity index is 2560. The minimum Gasteiger partial charge on any atom is -0.453 e. The molecule has 3 aliphatic rings. The molecular weight excluding hydrogens is 633 g/mol. The van der Waals surface area contributed by atoms with Gasteiger partial charge in [0, 0.05) is 27.9 Å². The van der Waals surface area contributed by atoms with Gasteiger partial charge in [-0.25, -0.2) is 0 Å². The third kappa shape index (κ3) is 4.32. The third-order valence-corrected chi connectivity index (χ3v) is 11.8. The van der Waals surface area contributed by atoms with Crippen LogP contribution in [-0.2, 0) is 10.8 Å². The van der Waals surface area contributed by atoms with Crippen LogP contribution in [0.15, 0.2) is 152 Å². The Morgan fingerprint density at radius 2 is 1.08 bits per heavy atom. The van der Waals surface area contributed by atoms with Crippen molar-refractivity contribution in [3.63, 3.8) is 0 Å². The molecule has 0 radical (unpaired) electrons. The van der Waals surface area contributed by atoms with E-state index in [1.54, 1.807) is 0 Å². The van der Waals surface area contributed by atoms with Crippen LogP contribution in [0.3, 0.4) is 0 Å². The molecule has 3 nitrogen and oxygen atoms in total. The molecule has 0 amide bonds. The average molecular weight is 673 g/mol. The van der Waals surface area contributed by atoms with Crippen molar-refractivity contribution in [2.45, 2.75) is 45.4 Å². The number of nitrogens with zero attached hydrogens (tertiary/aromatic N) is 2. The molecule has 2 heterocycles. The predicted octanol–water partition coefficient (Wildman–Crippen LogP) is 13.7. The fourth-order valence-corrected chi connectivity index (χ4v) is 9.04. The number of para-hydroxylation sites is 3. The molecule has 2 aliphatic heterocycles. The Labute approximate surface area is 306 Å². The monoisotopic (exact) mass is 672 g/mol. The molecule has 0 aromatic heterocycles. The first kappa shape index (κ1) is 30.7. The largest absolute Gasteiger partial charge is 0.453 e. The number of anilines is 6. The maximum Gasteiger partial charge on any atom is 0.151 e. The number of ether oxygens (including phenoxy) is 1. The quantitative estimate of drug-likeness (QED) is 0.185. The van der Waals surface area contributed by atoms with Gasteiger partial charge in [0.2, 0.25) is 0 Å². The SMILES string of the molecule is Cc1cccc2c1N1c3cc(-c4ccc(N(c5ccccc5)c5ccc6c(c5)C(C)(C)c5ccccc5-6)cc4)ccc3C(C)(C)c3cccc(c31)O2. The van der Waals surface area contributed by atoms with E-state index in [4.69, 9.17) is 4.74 Å². The Balaban J connectivity index is 1.07. The summed E-state index contributed by atoms with van der Waals surface area (Å²) in [4.78, 5) is 4.83. The van der Waals surface area contributed by atoms with Gasteiger partial charge in [-0.1, -0.05) is 125 Å². The number of benzene rings is 7. The molecule has 0 N–H and O–H groups in total. The van der Waals surface area contributed by atoms with Gasteiger partial charge < -0.3 is 14.5 Å². The molecule has 52 heavy (non-hydrogen) atoms. The second kappa shape index (κ2) is 11.0. The lowest BCUT2D eigenvalue weighted by molar-refractivity contribution is 0.471. The second-order valence-electron chi connectivity index (χ2n) is 15.5. The molecule has 10 rings (SSSR count). The molecule has 0 fully saturated rings.